The molecule has 0 aliphatic carbocycles. The van der Waals surface area contributed by atoms with Crippen LogP contribution in [0.2, 0.25) is 0 Å². The van der Waals surface area contributed by atoms with Crippen LogP contribution in [0.5, 0.6) is 0 Å². The lowest BCUT2D eigenvalue weighted by Crippen LogP contribution is -2.00. The van der Waals surface area contributed by atoms with Crippen LogP contribution >= 0.6 is 27.3 Å². The zero-order valence-electron chi connectivity index (χ0n) is 8.46. The Bertz CT molecular complexity index is 527. The number of thiophene rings is 1. The Hall–Kier alpha value is -1.00. The summed E-state index contributed by atoms with van der Waals surface area (Å²) in [5.41, 5.74) is 1.14. The highest BCUT2D eigenvalue weighted by Gasteiger charge is 2.14. The molecule has 1 aromatic heterocycles. The minimum absolute atomic E-state index is 0.149. The van der Waals surface area contributed by atoms with Crippen molar-refractivity contribution in [2.75, 3.05) is 0 Å². The van der Waals surface area contributed by atoms with Gasteiger partial charge in [-0.1, -0.05) is 0 Å². The Morgan fingerprint density at radius 1 is 1.38 bits per heavy atom. The third-order valence-electron chi connectivity index (χ3n) is 2.13. The average Bonchev–Trinajstić information content (AvgIpc) is 2.62. The number of hydrogen-bond acceptors (Lipinski definition) is 2. The monoisotopic (exact) mass is 298 g/mol. The third-order valence-corrected chi connectivity index (χ3v) is 3.96. The Morgan fingerprint density at radius 2 is 2.12 bits per heavy atom. The first-order valence-electron chi connectivity index (χ1n) is 4.63. The number of hydrogen-bond donors (Lipinski definition) is 0. The molecule has 0 aliphatic heterocycles. The average molecular weight is 299 g/mol. The predicted octanol–water partition coefficient (Wildman–Crippen LogP) is 4.19. The molecule has 2 aromatic rings. The van der Waals surface area contributed by atoms with Crippen molar-refractivity contribution < 1.29 is 9.18 Å². The van der Waals surface area contributed by atoms with Crippen LogP contribution in [0.4, 0.5) is 4.39 Å². The van der Waals surface area contributed by atoms with E-state index in [9.17, 15) is 9.18 Å². The minimum Gasteiger partial charge on any atom is -0.288 e. The van der Waals surface area contributed by atoms with Gasteiger partial charge < -0.3 is 0 Å². The largest absolute Gasteiger partial charge is 0.288 e. The summed E-state index contributed by atoms with van der Waals surface area (Å²) < 4.78 is 13.9. The second-order valence-electron chi connectivity index (χ2n) is 3.44. The van der Waals surface area contributed by atoms with Crippen LogP contribution in [0.3, 0.4) is 0 Å². The van der Waals surface area contributed by atoms with Crippen molar-refractivity contribution in [2.24, 2.45) is 0 Å². The summed E-state index contributed by atoms with van der Waals surface area (Å²) in [4.78, 5) is 12.6. The molecule has 0 aliphatic rings. The summed E-state index contributed by atoms with van der Waals surface area (Å²) in [7, 11) is 0. The lowest BCUT2D eigenvalue weighted by Gasteiger charge is -2.01. The molecule has 0 spiro atoms. The van der Waals surface area contributed by atoms with Gasteiger partial charge in [0.2, 0.25) is 5.78 Å². The van der Waals surface area contributed by atoms with Crippen molar-refractivity contribution in [2.45, 2.75) is 6.92 Å². The summed E-state index contributed by atoms with van der Waals surface area (Å²) >= 11 is 4.64. The molecule has 0 bridgehead atoms. The molecule has 1 nitrogen and oxygen atoms in total. The normalized spacial score (nSPS) is 10.4. The number of aryl methyl sites for hydroxylation is 1. The van der Waals surface area contributed by atoms with Crippen LogP contribution in [0.25, 0.3) is 0 Å². The maximum atomic E-state index is 13.2. The zero-order valence-corrected chi connectivity index (χ0v) is 10.9. The second-order valence-corrected chi connectivity index (χ2v) is 5.21. The topological polar surface area (TPSA) is 17.1 Å². The summed E-state index contributed by atoms with van der Waals surface area (Å²) in [5.74, 6) is -0.527. The van der Waals surface area contributed by atoms with Crippen molar-refractivity contribution in [3.63, 3.8) is 0 Å². The molecule has 0 saturated carbocycles. The van der Waals surface area contributed by atoms with Crippen molar-refractivity contribution in [3.8, 4) is 0 Å². The number of carbonyl (C=O) groups excluding carboxylic acids is 1. The summed E-state index contributed by atoms with van der Waals surface area (Å²) in [5, 5.41) is 1.82. The fourth-order valence-corrected chi connectivity index (χ4v) is 2.97. The van der Waals surface area contributed by atoms with Crippen molar-refractivity contribution in [3.05, 3.63) is 55.9 Å². The van der Waals surface area contributed by atoms with Gasteiger partial charge >= 0.3 is 0 Å². The second kappa shape index (κ2) is 4.47. The molecule has 16 heavy (non-hydrogen) atoms. The van der Waals surface area contributed by atoms with Gasteiger partial charge in [-0.15, -0.1) is 11.3 Å². The van der Waals surface area contributed by atoms with Crippen molar-refractivity contribution >= 4 is 33.0 Å². The molecule has 0 amide bonds. The lowest BCUT2D eigenvalue weighted by molar-refractivity contribution is 0.104. The first kappa shape index (κ1) is 11.5. The Balaban J connectivity index is 2.45. The van der Waals surface area contributed by atoms with E-state index in [0.29, 0.717) is 10.4 Å². The van der Waals surface area contributed by atoms with Crippen LogP contribution in [0.1, 0.15) is 20.8 Å². The van der Waals surface area contributed by atoms with E-state index in [0.717, 1.165) is 10.0 Å². The maximum Gasteiger partial charge on any atom is 0.204 e. The van der Waals surface area contributed by atoms with Crippen LogP contribution in [-0.4, -0.2) is 5.78 Å². The van der Waals surface area contributed by atoms with Gasteiger partial charge in [0.1, 0.15) is 5.82 Å². The third kappa shape index (κ3) is 2.23. The van der Waals surface area contributed by atoms with Crippen LogP contribution in [0, 0.1) is 12.7 Å². The van der Waals surface area contributed by atoms with E-state index < -0.39 is 0 Å². The molecule has 0 unspecified atom stereocenters. The van der Waals surface area contributed by atoms with E-state index in [4.69, 9.17) is 0 Å². The van der Waals surface area contributed by atoms with Gasteiger partial charge in [0, 0.05) is 10.0 Å². The highest BCUT2D eigenvalue weighted by Crippen LogP contribution is 2.26. The molecule has 0 radical (unpaired) electrons. The molecule has 0 atom stereocenters. The van der Waals surface area contributed by atoms with Gasteiger partial charge in [-0.2, -0.15) is 0 Å². The number of benzene rings is 1. The van der Waals surface area contributed by atoms with Crippen LogP contribution in [0.15, 0.2) is 34.1 Å². The van der Waals surface area contributed by atoms with Crippen molar-refractivity contribution in [1.82, 2.24) is 0 Å². The van der Waals surface area contributed by atoms with Gasteiger partial charge in [-0.3, -0.25) is 4.79 Å². The Labute approximate surface area is 105 Å². The van der Waals surface area contributed by atoms with Crippen LogP contribution in [-0.2, 0) is 0 Å². The molecule has 1 heterocycles. The van der Waals surface area contributed by atoms with Gasteiger partial charge in [-0.25, -0.2) is 4.39 Å². The SMILES string of the molecule is Cc1cc(F)cc(C(=O)c2sccc2Br)c1. The zero-order chi connectivity index (χ0) is 11.7. The van der Waals surface area contributed by atoms with E-state index >= 15 is 0 Å². The maximum absolute atomic E-state index is 13.2. The summed E-state index contributed by atoms with van der Waals surface area (Å²) in [6, 6.07) is 6.17. The first-order chi connectivity index (χ1) is 7.58. The summed E-state index contributed by atoms with van der Waals surface area (Å²) in [6.07, 6.45) is 0. The van der Waals surface area contributed by atoms with E-state index in [-0.39, 0.29) is 11.6 Å². The summed E-state index contributed by atoms with van der Waals surface area (Å²) in [6.45, 7) is 1.77. The van der Waals surface area contributed by atoms with E-state index in [1.54, 1.807) is 13.0 Å². The molecule has 0 N–H and O–H groups in total. The molecular weight excluding hydrogens is 291 g/mol. The Morgan fingerprint density at radius 3 is 2.69 bits per heavy atom. The highest BCUT2D eigenvalue weighted by molar-refractivity contribution is 9.10. The Kier molecular flexibility index (Phi) is 3.21. The number of rotatable bonds is 2. The molecule has 0 saturated heterocycles. The van der Waals surface area contributed by atoms with E-state index in [1.165, 1.54) is 23.5 Å². The first-order valence-corrected chi connectivity index (χ1v) is 6.30. The lowest BCUT2D eigenvalue weighted by atomic mass is 10.1. The minimum atomic E-state index is -0.379. The fourth-order valence-electron chi connectivity index (χ4n) is 1.45. The highest BCUT2D eigenvalue weighted by atomic mass is 79.9. The van der Waals surface area contributed by atoms with Gasteiger partial charge in [0.25, 0.3) is 0 Å². The quantitative estimate of drug-likeness (QED) is 0.760. The standard InChI is InChI=1S/C12H8BrFOS/c1-7-4-8(6-9(14)5-7)11(15)12-10(13)2-3-16-12/h2-6H,1H3. The van der Waals surface area contributed by atoms with Crippen molar-refractivity contribution in [1.29, 1.82) is 0 Å². The molecule has 4 heteroatoms. The van der Waals surface area contributed by atoms with Crippen LogP contribution < -0.4 is 0 Å². The van der Waals surface area contributed by atoms with Gasteiger partial charge in [0.05, 0.1) is 4.88 Å². The molecule has 1 aromatic carbocycles. The number of carbonyl (C=O) groups is 1. The van der Waals surface area contributed by atoms with Gasteiger partial charge in [0.15, 0.2) is 0 Å². The smallest absolute Gasteiger partial charge is 0.204 e. The van der Waals surface area contributed by atoms with E-state index in [1.807, 2.05) is 11.4 Å². The fraction of sp³-hybridized carbons (Fsp3) is 0.0833. The molecular formula is C12H8BrFOS. The van der Waals surface area contributed by atoms with E-state index in [2.05, 4.69) is 15.9 Å². The van der Waals surface area contributed by atoms with Gasteiger partial charge in [-0.05, 0) is 58.1 Å². The number of ketones is 1. The predicted molar refractivity (Wildman–Crippen MR) is 66.6 cm³/mol. The molecule has 0 fully saturated rings. The molecule has 2 rings (SSSR count). The molecule has 82 valence electrons. The number of halogens is 2.